The van der Waals surface area contributed by atoms with Crippen molar-refractivity contribution < 1.29 is 18.0 Å². The van der Waals surface area contributed by atoms with Crippen LogP contribution >= 0.6 is 11.8 Å². The van der Waals surface area contributed by atoms with Gasteiger partial charge in [0.25, 0.3) is 0 Å². The molecular formula is C20H21F3N2OS. The van der Waals surface area contributed by atoms with Gasteiger partial charge >= 0.3 is 12.2 Å². The Hall–Kier alpha value is -2.15. The highest BCUT2D eigenvalue weighted by Crippen LogP contribution is 2.38. The summed E-state index contributed by atoms with van der Waals surface area (Å²) in [4.78, 5) is 14.3. The highest BCUT2D eigenvalue weighted by Gasteiger charge is 2.32. The molecule has 0 unspecified atom stereocenters. The van der Waals surface area contributed by atoms with Crippen LogP contribution in [0.2, 0.25) is 0 Å². The minimum Gasteiger partial charge on any atom is -0.308 e. The van der Waals surface area contributed by atoms with Gasteiger partial charge in [0.05, 0.1) is 5.56 Å². The second-order valence-corrected chi connectivity index (χ2v) is 7.93. The number of hydrogen-bond acceptors (Lipinski definition) is 2. The Labute approximate surface area is 160 Å². The molecule has 2 aromatic rings. The number of amides is 2. The van der Waals surface area contributed by atoms with Crippen molar-refractivity contribution in [3.05, 3.63) is 65.2 Å². The molecule has 1 aliphatic rings. The summed E-state index contributed by atoms with van der Waals surface area (Å²) in [5.41, 5.74) is 1.89. The molecule has 144 valence electrons. The first-order valence-electron chi connectivity index (χ1n) is 8.72. The van der Waals surface area contributed by atoms with Crippen molar-refractivity contribution in [1.29, 1.82) is 0 Å². The standard InChI is InChI=1S/C20H21F3N2OS/c1-13(2)14-3-5-15(6-4-14)18-25(11-12-27-18)19(26)24-17-9-7-16(8-10-17)20(21,22)23/h3-10,13,18H,11-12H2,1-2H3,(H,24,26)/t18-/m0/s1. The molecule has 0 spiro atoms. The van der Waals surface area contributed by atoms with E-state index < -0.39 is 11.7 Å². The van der Waals surface area contributed by atoms with Crippen LogP contribution in [0.1, 0.15) is 41.8 Å². The smallest absolute Gasteiger partial charge is 0.308 e. The van der Waals surface area contributed by atoms with Crippen molar-refractivity contribution in [2.45, 2.75) is 31.3 Å². The minimum atomic E-state index is -4.39. The molecule has 0 aliphatic carbocycles. The lowest BCUT2D eigenvalue weighted by Crippen LogP contribution is -2.34. The fourth-order valence-electron chi connectivity index (χ4n) is 2.94. The Morgan fingerprint density at radius 2 is 1.74 bits per heavy atom. The quantitative estimate of drug-likeness (QED) is 0.681. The molecule has 27 heavy (non-hydrogen) atoms. The van der Waals surface area contributed by atoms with Crippen LogP contribution in [0.4, 0.5) is 23.7 Å². The van der Waals surface area contributed by atoms with Crippen LogP contribution < -0.4 is 5.32 Å². The molecule has 1 heterocycles. The summed E-state index contributed by atoms with van der Waals surface area (Å²) < 4.78 is 37.9. The summed E-state index contributed by atoms with van der Waals surface area (Å²) in [6.07, 6.45) is -4.39. The summed E-state index contributed by atoms with van der Waals surface area (Å²) >= 11 is 1.68. The molecule has 0 saturated carbocycles. The van der Waals surface area contributed by atoms with Crippen LogP contribution in [0.5, 0.6) is 0 Å². The predicted octanol–water partition coefficient (Wildman–Crippen LogP) is 6.11. The third-order valence-electron chi connectivity index (χ3n) is 4.50. The summed E-state index contributed by atoms with van der Waals surface area (Å²) in [7, 11) is 0. The fourth-order valence-corrected chi connectivity index (χ4v) is 4.19. The SMILES string of the molecule is CC(C)c1ccc([C@@H]2SCCN2C(=O)Nc2ccc(C(F)(F)F)cc2)cc1. The number of rotatable bonds is 3. The van der Waals surface area contributed by atoms with Crippen molar-refractivity contribution >= 4 is 23.5 Å². The van der Waals surface area contributed by atoms with E-state index in [-0.39, 0.29) is 11.4 Å². The molecule has 1 aliphatic heterocycles. The van der Waals surface area contributed by atoms with Gasteiger partial charge in [0.15, 0.2) is 0 Å². The molecule has 0 radical (unpaired) electrons. The molecule has 3 nitrogen and oxygen atoms in total. The van der Waals surface area contributed by atoms with E-state index >= 15 is 0 Å². The molecule has 1 fully saturated rings. The summed E-state index contributed by atoms with van der Waals surface area (Å²) in [5, 5.41) is 2.60. The van der Waals surface area contributed by atoms with Gasteiger partial charge in [0, 0.05) is 18.0 Å². The third-order valence-corrected chi connectivity index (χ3v) is 5.76. The maximum atomic E-state index is 12.6. The van der Waals surface area contributed by atoms with Crippen molar-refractivity contribution in [3.8, 4) is 0 Å². The van der Waals surface area contributed by atoms with Gasteiger partial charge in [-0.25, -0.2) is 4.79 Å². The first-order valence-corrected chi connectivity index (χ1v) is 9.77. The predicted molar refractivity (Wildman–Crippen MR) is 103 cm³/mol. The summed E-state index contributed by atoms with van der Waals surface area (Å²) in [5.74, 6) is 1.26. The Morgan fingerprint density at radius 1 is 1.11 bits per heavy atom. The minimum absolute atomic E-state index is 0.0966. The number of carbonyl (C=O) groups is 1. The van der Waals surface area contributed by atoms with Gasteiger partial charge in [-0.15, -0.1) is 11.8 Å². The van der Waals surface area contributed by atoms with Crippen LogP contribution in [-0.4, -0.2) is 23.2 Å². The van der Waals surface area contributed by atoms with Crippen molar-refractivity contribution in [2.75, 3.05) is 17.6 Å². The van der Waals surface area contributed by atoms with Gasteiger partial charge in [-0.05, 0) is 41.3 Å². The summed E-state index contributed by atoms with van der Waals surface area (Å²) in [6, 6.07) is 12.4. The normalized spacial score (nSPS) is 17.4. The molecule has 1 N–H and O–H groups in total. The van der Waals surface area contributed by atoms with Gasteiger partial charge in [0.1, 0.15) is 5.37 Å². The maximum Gasteiger partial charge on any atom is 0.416 e. The zero-order valence-corrected chi connectivity index (χ0v) is 15.9. The van der Waals surface area contributed by atoms with Crippen LogP contribution in [0.15, 0.2) is 48.5 Å². The number of urea groups is 1. The van der Waals surface area contributed by atoms with Gasteiger partial charge < -0.3 is 10.2 Å². The van der Waals surface area contributed by atoms with Gasteiger partial charge in [-0.1, -0.05) is 38.1 Å². The fraction of sp³-hybridized carbons (Fsp3) is 0.350. The van der Waals surface area contributed by atoms with E-state index in [1.807, 2.05) is 12.1 Å². The number of hydrogen-bond donors (Lipinski definition) is 1. The molecular weight excluding hydrogens is 373 g/mol. The highest BCUT2D eigenvalue weighted by molar-refractivity contribution is 7.99. The average Bonchev–Trinajstić information content (AvgIpc) is 3.11. The Kier molecular flexibility index (Phi) is 5.69. The first kappa shape index (κ1) is 19.6. The lowest BCUT2D eigenvalue weighted by atomic mass is 10.0. The number of anilines is 1. The largest absolute Gasteiger partial charge is 0.416 e. The zero-order valence-electron chi connectivity index (χ0n) is 15.1. The average molecular weight is 394 g/mol. The third kappa shape index (κ3) is 4.58. The highest BCUT2D eigenvalue weighted by atomic mass is 32.2. The number of halogens is 3. The molecule has 1 saturated heterocycles. The van der Waals surface area contributed by atoms with Crippen molar-refractivity contribution in [2.24, 2.45) is 0 Å². The Bertz CT molecular complexity index is 788. The van der Waals surface area contributed by atoms with E-state index in [2.05, 4.69) is 31.3 Å². The molecule has 2 amide bonds. The second-order valence-electron chi connectivity index (χ2n) is 6.74. The lowest BCUT2D eigenvalue weighted by Gasteiger charge is -2.25. The van der Waals surface area contributed by atoms with E-state index in [0.717, 1.165) is 23.4 Å². The lowest BCUT2D eigenvalue weighted by molar-refractivity contribution is -0.137. The van der Waals surface area contributed by atoms with Gasteiger partial charge in [0.2, 0.25) is 0 Å². The first-order chi connectivity index (χ1) is 12.8. The molecule has 2 aromatic carbocycles. The van der Waals surface area contributed by atoms with Crippen LogP contribution in [0.3, 0.4) is 0 Å². The number of nitrogens with zero attached hydrogens (tertiary/aromatic N) is 1. The van der Waals surface area contributed by atoms with Gasteiger partial charge in [-0.3, -0.25) is 0 Å². The van der Waals surface area contributed by atoms with E-state index in [4.69, 9.17) is 0 Å². The van der Waals surface area contributed by atoms with Crippen molar-refractivity contribution in [3.63, 3.8) is 0 Å². The van der Waals surface area contributed by atoms with Crippen molar-refractivity contribution in [1.82, 2.24) is 4.90 Å². The number of benzene rings is 2. The van der Waals surface area contributed by atoms with E-state index in [1.54, 1.807) is 16.7 Å². The Balaban J connectivity index is 1.70. The van der Waals surface area contributed by atoms with E-state index in [9.17, 15) is 18.0 Å². The summed E-state index contributed by atoms with van der Waals surface area (Å²) in [6.45, 7) is 4.85. The molecule has 1 atom stereocenters. The molecule has 0 aromatic heterocycles. The monoisotopic (exact) mass is 394 g/mol. The van der Waals surface area contributed by atoms with E-state index in [1.165, 1.54) is 17.7 Å². The Morgan fingerprint density at radius 3 is 2.30 bits per heavy atom. The van der Waals surface area contributed by atoms with Gasteiger partial charge in [-0.2, -0.15) is 13.2 Å². The molecule has 3 rings (SSSR count). The van der Waals surface area contributed by atoms with E-state index in [0.29, 0.717) is 18.2 Å². The zero-order chi connectivity index (χ0) is 19.6. The second kappa shape index (κ2) is 7.84. The number of alkyl halides is 3. The topological polar surface area (TPSA) is 32.3 Å². The van der Waals surface area contributed by atoms with Crippen LogP contribution in [-0.2, 0) is 6.18 Å². The van der Waals surface area contributed by atoms with Crippen LogP contribution in [0.25, 0.3) is 0 Å². The number of nitrogens with one attached hydrogen (secondary N) is 1. The van der Waals surface area contributed by atoms with Crippen LogP contribution in [0, 0.1) is 0 Å². The maximum absolute atomic E-state index is 12.6. The number of carbonyl (C=O) groups excluding carboxylic acids is 1. The molecule has 0 bridgehead atoms. The molecule has 7 heteroatoms. The number of thioether (sulfide) groups is 1.